The predicted octanol–water partition coefficient (Wildman–Crippen LogP) is 1.79. The van der Waals surface area contributed by atoms with Gasteiger partial charge in [-0.15, -0.1) is 0 Å². The summed E-state index contributed by atoms with van der Waals surface area (Å²) in [7, 11) is 0. The van der Waals surface area contributed by atoms with Gasteiger partial charge in [0.15, 0.2) is 0 Å². The Labute approximate surface area is 116 Å². The standard InChI is InChI=1S/C15H28N2O2/c1-3-14-13(8-10-19-14)15(18)17(4-2)11-12-7-5-6-9-16-12/h12-14,16H,3-11H2,1-2H3. The molecule has 1 N–H and O–H groups in total. The van der Waals surface area contributed by atoms with Crippen molar-refractivity contribution in [2.24, 2.45) is 5.92 Å². The van der Waals surface area contributed by atoms with Crippen molar-refractivity contribution in [2.45, 2.75) is 58.1 Å². The Morgan fingerprint density at radius 3 is 2.79 bits per heavy atom. The molecular formula is C15H28N2O2. The van der Waals surface area contributed by atoms with E-state index in [1.165, 1.54) is 19.3 Å². The SMILES string of the molecule is CCC1OCCC1C(=O)N(CC)CC1CCCCN1. The molecule has 0 aliphatic carbocycles. The molecule has 3 atom stereocenters. The molecule has 2 aliphatic heterocycles. The van der Waals surface area contributed by atoms with E-state index in [1.807, 2.05) is 4.90 Å². The molecule has 1 amide bonds. The van der Waals surface area contributed by atoms with Gasteiger partial charge in [-0.25, -0.2) is 0 Å². The fourth-order valence-corrected chi connectivity index (χ4v) is 3.29. The van der Waals surface area contributed by atoms with Gasteiger partial charge in [-0.05, 0) is 39.2 Å². The molecule has 3 unspecified atom stereocenters. The number of amides is 1. The van der Waals surface area contributed by atoms with Gasteiger partial charge in [-0.3, -0.25) is 4.79 Å². The van der Waals surface area contributed by atoms with Crippen LogP contribution in [0.2, 0.25) is 0 Å². The molecule has 19 heavy (non-hydrogen) atoms. The highest BCUT2D eigenvalue weighted by molar-refractivity contribution is 5.79. The average Bonchev–Trinajstić information content (AvgIpc) is 2.93. The summed E-state index contributed by atoms with van der Waals surface area (Å²) in [4.78, 5) is 14.7. The first-order valence-corrected chi connectivity index (χ1v) is 7.90. The minimum atomic E-state index is 0.0912. The summed E-state index contributed by atoms with van der Waals surface area (Å²) in [6.07, 6.45) is 5.73. The van der Waals surface area contributed by atoms with Crippen LogP contribution < -0.4 is 5.32 Å². The van der Waals surface area contributed by atoms with Gasteiger partial charge in [-0.1, -0.05) is 13.3 Å². The van der Waals surface area contributed by atoms with Crippen molar-refractivity contribution in [1.82, 2.24) is 10.2 Å². The molecule has 0 spiro atoms. The van der Waals surface area contributed by atoms with E-state index in [0.29, 0.717) is 11.9 Å². The first-order chi connectivity index (χ1) is 9.26. The number of carbonyl (C=O) groups excluding carboxylic acids is 1. The molecule has 2 saturated heterocycles. The van der Waals surface area contributed by atoms with Gasteiger partial charge in [0, 0.05) is 25.7 Å². The Morgan fingerprint density at radius 2 is 2.16 bits per heavy atom. The third-order valence-electron chi connectivity index (χ3n) is 4.48. The minimum absolute atomic E-state index is 0.0912. The maximum Gasteiger partial charge on any atom is 0.228 e. The van der Waals surface area contributed by atoms with Gasteiger partial charge in [-0.2, -0.15) is 0 Å². The van der Waals surface area contributed by atoms with Crippen molar-refractivity contribution in [2.75, 3.05) is 26.2 Å². The smallest absolute Gasteiger partial charge is 0.228 e. The van der Waals surface area contributed by atoms with Crippen LogP contribution >= 0.6 is 0 Å². The van der Waals surface area contributed by atoms with Crippen LogP contribution in [-0.2, 0) is 9.53 Å². The van der Waals surface area contributed by atoms with Gasteiger partial charge in [0.1, 0.15) is 0 Å². The normalized spacial score (nSPS) is 31.4. The lowest BCUT2D eigenvalue weighted by Gasteiger charge is -2.32. The fourth-order valence-electron chi connectivity index (χ4n) is 3.29. The van der Waals surface area contributed by atoms with Crippen LogP contribution in [0.4, 0.5) is 0 Å². The molecular weight excluding hydrogens is 240 g/mol. The summed E-state index contributed by atoms with van der Waals surface area (Å²) >= 11 is 0. The summed E-state index contributed by atoms with van der Waals surface area (Å²) in [6, 6.07) is 0.486. The van der Waals surface area contributed by atoms with Gasteiger partial charge in [0.25, 0.3) is 0 Å². The summed E-state index contributed by atoms with van der Waals surface area (Å²) < 4.78 is 5.66. The highest BCUT2D eigenvalue weighted by Gasteiger charge is 2.35. The van der Waals surface area contributed by atoms with E-state index < -0.39 is 0 Å². The van der Waals surface area contributed by atoms with E-state index >= 15 is 0 Å². The molecule has 0 aromatic rings. The van der Waals surface area contributed by atoms with Crippen LogP contribution in [0.3, 0.4) is 0 Å². The molecule has 0 saturated carbocycles. The summed E-state index contributed by atoms with van der Waals surface area (Å²) in [5.74, 6) is 0.396. The van der Waals surface area contributed by atoms with Crippen LogP contribution in [0, 0.1) is 5.92 Å². The molecule has 2 aliphatic rings. The van der Waals surface area contributed by atoms with Crippen LogP contribution in [-0.4, -0.2) is 49.2 Å². The number of ether oxygens (including phenoxy) is 1. The molecule has 0 bridgehead atoms. The quantitative estimate of drug-likeness (QED) is 0.826. The molecule has 0 radical (unpaired) electrons. The molecule has 2 fully saturated rings. The molecule has 0 aromatic heterocycles. The van der Waals surface area contributed by atoms with Crippen LogP contribution in [0.15, 0.2) is 0 Å². The largest absolute Gasteiger partial charge is 0.377 e. The number of carbonyl (C=O) groups is 1. The fraction of sp³-hybridized carbons (Fsp3) is 0.933. The second-order valence-electron chi connectivity index (χ2n) is 5.74. The average molecular weight is 268 g/mol. The monoisotopic (exact) mass is 268 g/mol. The highest BCUT2D eigenvalue weighted by atomic mass is 16.5. The lowest BCUT2D eigenvalue weighted by atomic mass is 9.97. The van der Waals surface area contributed by atoms with Crippen molar-refractivity contribution in [3.8, 4) is 0 Å². The summed E-state index contributed by atoms with van der Waals surface area (Å²) in [5, 5.41) is 3.53. The number of piperidine rings is 1. The van der Waals surface area contributed by atoms with Crippen LogP contribution in [0.5, 0.6) is 0 Å². The van der Waals surface area contributed by atoms with E-state index in [0.717, 1.165) is 39.1 Å². The number of hydrogen-bond acceptors (Lipinski definition) is 3. The van der Waals surface area contributed by atoms with Crippen LogP contribution in [0.1, 0.15) is 46.0 Å². The Morgan fingerprint density at radius 1 is 1.32 bits per heavy atom. The third kappa shape index (κ3) is 3.69. The van der Waals surface area contributed by atoms with Gasteiger partial charge in [0.05, 0.1) is 12.0 Å². The lowest BCUT2D eigenvalue weighted by molar-refractivity contribution is -0.137. The van der Waals surface area contributed by atoms with Crippen molar-refractivity contribution in [3.63, 3.8) is 0 Å². The maximum absolute atomic E-state index is 12.6. The third-order valence-corrected chi connectivity index (χ3v) is 4.48. The number of likely N-dealkylation sites (N-methyl/N-ethyl adjacent to an activating group) is 1. The van der Waals surface area contributed by atoms with Crippen molar-refractivity contribution >= 4 is 5.91 Å². The Balaban J connectivity index is 1.90. The van der Waals surface area contributed by atoms with Gasteiger partial charge >= 0.3 is 0 Å². The number of nitrogens with zero attached hydrogens (tertiary/aromatic N) is 1. The summed E-state index contributed by atoms with van der Waals surface area (Å²) in [6.45, 7) is 7.70. The minimum Gasteiger partial charge on any atom is -0.377 e. The maximum atomic E-state index is 12.6. The predicted molar refractivity (Wildman–Crippen MR) is 76.0 cm³/mol. The topological polar surface area (TPSA) is 41.6 Å². The second-order valence-corrected chi connectivity index (χ2v) is 5.74. The second kappa shape index (κ2) is 7.25. The molecule has 4 nitrogen and oxygen atoms in total. The number of rotatable bonds is 5. The summed E-state index contributed by atoms with van der Waals surface area (Å²) in [5.41, 5.74) is 0. The van der Waals surface area contributed by atoms with Crippen molar-refractivity contribution < 1.29 is 9.53 Å². The Hall–Kier alpha value is -0.610. The van der Waals surface area contributed by atoms with Crippen LogP contribution in [0.25, 0.3) is 0 Å². The zero-order valence-corrected chi connectivity index (χ0v) is 12.4. The van der Waals surface area contributed by atoms with Crippen molar-refractivity contribution in [1.29, 1.82) is 0 Å². The lowest BCUT2D eigenvalue weighted by Crippen LogP contribution is -2.48. The number of hydrogen-bond donors (Lipinski definition) is 1. The van der Waals surface area contributed by atoms with Gasteiger partial charge < -0.3 is 15.0 Å². The van der Waals surface area contributed by atoms with Gasteiger partial charge in [0.2, 0.25) is 5.91 Å². The first-order valence-electron chi connectivity index (χ1n) is 7.90. The van der Waals surface area contributed by atoms with E-state index in [1.54, 1.807) is 0 Å². The van der Waals surface area contributed by atoms with Crippen molar-refractivity contribution in [3.05, 3.63) is 0 Å². The first kappa shape index (κ1) is 14.8. The highest BCUT2D eigenvalue weighted by Crippen LogP contribution is 2.25. The zero-order chi connectivity index (χ0) is 13.7. The molecule has 4 heteroatoms. The molecule has 110 valence electrons. The molecule has 0 aromatic carbocycles. The molecule has 2 rings (SSSR count). The molecule has 2 heterocycles. The van der Waals surface area contributed by atoms with E-state index in [4.69, 9.17) is 4.74 Å². The van der Waals surface area contributed by atoms with E-state index in [2.05, 4.69) is 19.2 Å². The Bertz CT molecular complexity index is 290. The number of nitrogens with one attached hydrogen (secondary N) is 1. The zero-order valence-electron chi connectivity index (χ0n) is 12.4. The van der Waals surface area contributed by atoms with E-state index in [-0.39, 0.29) is 12.0 Å². The van der Waals surface area contributed by atoms with E-state index in [9.17, 15) is 4.79 Å². The Kier molecular flexibility index (Phi) is 5.64.